The molecule has 1 aromatic carbocycles. The maximum absolute atomic E-state index is 5.41. The van der Waals surface area contributed by atoms with Crippen molar-refractivity contribution < 1.29 is 4.74 Å². The lowest BCUT2D eigenvalue weighted by molar-refractivity contribution is 0.409. The molecule has 2 N–H and O–H groups in total. The Kier molecular flexibility index (Phi) is 11.1. The Morgan fingerprint density at radius 3 is 2.64 bits per heavy atom. The van der Waals surface area contributed by atoms with Crippen molar-refractivity contribution in [1.82, 2.24) is 10.6 Å². The van der Waals surface area contributed by atoms with Crippen molar-refractivity contribution >= 4 is 29.9 Å². The molecule has 1 aromatic rings. The van der Waals surface area contributed by atoms with Crippen LogP contribution in [0.25, 0.3) is 0 Å². The third-order valence-corrected chi connectivity index (χ3v) is 3.43. The molecule has 1 atom stereocenters. The molecule has 0 spiro atoms. The average molecular weight is 419 g/mol. The third kappa shape index (κ3) is 7.33. The Morgan fingerprint density at radius 2 is 2.05 bits per heavy atom. The first-order chi connectivity index (χ1) is 10.1. The summed E-state index contributed by atoms with van der Waals surface area (Å²) in [6.45, 7) is 10.1. The first kappa shape index (κ1) is 21.0. The van der Waals surface area contributed by atoms with Crippen LogP contribution < -0.4 is 15.4 Å². The fraction of sp³-hybridized carbons (Fsp3) is 0.588. The van der Waals surface area contributed by atoms with Gasteiger partial charge in [-0.1, -0.05) is 24.6 Å². The van der Waals surface area contributed by atoms with E-state index in [-0.39, 0.29) is 24.0 Å². The lowest BCUT2D eigenvalue weighted by Crippen LogP contribution is -2.42. The van der Waals surface area contributed by atoms with Crippen molar-refractivity contribution in [3.63, 3.8) is 0 Å². The van der Waals surface area contributed by atoms with Gasteiger partial charge in [0, 0.05) is 19.1 Å². The number of benzene rings is 1. The van der Waals surface area contributed by atoms with E-state index in [1.54, 1.807) is 7.11 Å². The molecule has 0 saturated heterocycles. The number of nitrogens with zero attached hydrogens (tertiary/aromatic N) is 1. The van der Waals surface area contributed by atoms with Crippen LogP contribution in [-0.2, 0) is 6.42 Å². The molecule has 0 aromatic heterocycles. The molecule has 1 rings (SSSR count). The number of hydrogen-bond acceptors (Lipinski definition) is 2. The molecule has 1 unspecified atom stereocenters. The fourth-order valence-electron chi connectivity index (χ4n) is 2.05. The summed E-state index contributed by atoms with van der Waals surface area (Å²) in [4.78, 5) is 4.64. The first-order valence-corrected chi connectivity index (χ1v) is 7.79. The standard InChI is InChI=1S/C17H29N3O.HI/c1-6-14(4)20-17(18-7-2)19-11-10-15-12-13(3)8-9-16(15)21-5;/h8-9,12,14H,6-7,10-11H2,1-5H3,(H2,18,19,20);1H. The van der Waals surface area contributed by atoms with E-state index in [2.05, 4.69) is 55.5 Å². The van der Waals surface area contributed by atoms with Crippen LogP contribution in [0.5, 0.6) is 5.75 Å². The minimum atomic E-state index is 0. The van der Waals surface area contributed by atoms with Crippen LogP contribution in [0.15, 0.2) is 23.2 Å². The van der Waals surface area contributed by atoms with Crippen LogP contribution in [0.2, 0.25) is 0 Å². The summed E-state index contributed by atoms with van der Waals surface area (Å²) in [6.07, 6.45) is 1.96. The zero-order valence-corrected chi connectivity index (χ0v) is 16.7. The van der Waals surface area contributed by atoms with Gasteiger partial charge in [0.05, 0.1) is 7.11 Å². The van der Waals surface area contributed by atoms with Crippen LogP contribution in [0.4, 0.5) is 0 Å². The third-order valence-electron chi connectivity index (χ3n) is 3.43. The summed E-state index contributed by atoms with van der Waals surface area (Å²) < 4.78 is 5.41. The SMILES string of the molecule is CCNC(=NCCc1cc(C)ccc1OC)NC(C)CC.I. The zero-order chi connectivity index (χ0) is 15.7. The first-order valence-electron chi connectivity index (χ1n) is 7.79. The summed E-state index contributed by atoms with van der Waals surface area (Å²) in [7, 11) is 1.71. The van der Waals surface area contributed by atoms with E-state index in [1.165, 1.54) is 11.1 Å². The topological polar surface area (TPSA) is 45.7 Å². The largest absolute Gasteiger partial charge is 0.496 e. The van der Waals surface area contributed by atoms with Crippen molar-refractivity contribution in [1.29, 1.82) is 0 Å². The summed E-state index contributed by atoms with van der Waals surface area (Å²) in [5.74, 6) is 1.83. The molecular weight excluding hydrogens is 389 g/mol. The highest BCUT2D eigenvalue weighted by Crippen LogP contribution is 2.20. The number of nitrogens with one attached hydrogen (secondary N) is 2. The Balaban J connectivity index is 0.00000441. The van der Waals surface area contributed by atoms with E-state index in [9.17, 15) is 0 Å². The van der Waals surface area contributed by atoms with Crippen LogP contribution >= 0.6 is 24.0 Å². The van der Waals surface area contributed by atoms with Gasteiger partial charge in [-0.15, -0.1) is 24.0 Å². The van der Waals surface area contributed by atoms with E-state index in [0.717, 1.165) is 37.6 Å². The number of hydrogen-bond donors (Lipinski definition) is 2. The van der Waals surface area contributed by atoms with Crippen molar-refractivity contribution in [2.45, 2.75) is 46.6 Å². The number of ether oxygens (including phenoxy) is 1. The number of guanidine groups is 1. The van der Waals surface area contributed by atoms with Gasteiger partial charge in [0.1, 0.15) is 5.75 Å². The predicted molar refractivity (Wildman–Crippen MR) is 106 cm³/mol. The minimum Gasteiger partial charge on any atom is -0.496 e. The number of halogens is 1. The highest BCUT2D eigenvalue weighted by Gasteiger charge is 2.05. The molecule has 22 heavy (non-hydrogen) atoms. The second kappa shape index (κ2) is 11.6. The lowest BCUT2D eigenvalue weighted by atomic mass is 10.1. The molecule has 0 heterocycles. The van der Waals surface area contributed by atoms with Crippen LogP contribution in [0.3, 0.4) is 0 Å². The normalized spacial score (nSPS) is 12.3. The second-order valence-electron chi connectivity index (χ2n) is 5.28. The van der Waals surface area contributed by atoms with Crippen LogP contribution in [0.1, 0.15) is 38.3 Å². The van der Waals surface area contributed by atoms with Gasteiger partial charge in [-0.2, -0.15) is 0 Å². The molecule has 0 aliphatic heterocycles. The summed E-state index contributed by atoms with van der Waals surface area (Å²) in [5.41, 5.74) is 2.46. The Labute approximate surface area is 152 Å². The van der Waals surface area contributed by atoms with Crippen LogP contribution in [-0.4, -0.2) is 32.2 Å². The molecule has 5 heteroatoms. The molecule has 0 aliphatic carbocycles. The summed E-state index contributed by atoms with van der Waals surface area (Å²) in [5, 5.41) is 6.68. The molecule has 0 fully saturated rings. The quantitative estimate of drug-likeness (QED) is 0.404. The molecule has 0 amide bonds. The monoisotopic (exact) mass is 419 g/mol. The maximum Gasteiger partial charge on any atom is 0.191 e. The molecule has 0 aliphatic rings. The van der Waals surface area contributed by atoms with E-state index in [1.807, 2.05) is 6.07 Å². The van der Waals surface area contributed by atoms with Crippen molar-refractivity contribution in [2.24, 2.45) is 4.99 Å². The van der Waals surface area contributed by atoms with Gasteiger partial charge in [0.2, 0.25) is 0 Å². The molecule has 126 valence electrons. The maximum atomic E-state index is 5.41. The highest BCUT2D eigenvalue weighted by atomic mass is 127. The number of methoxy groups -OCH3 is 1. The van der Waals surface area contributed by atoms with Crippen LogP contribution in [0, 0.1) is 6.92 Å². The summed E-state index contributed by atoms with van der Waals surface area (Å²) in [6, 6.07) is 6.69. The van der Waals surface area contributed by atoms with E-state index in [4.69, 9.17) is 4.74 Å². The Hall–Kier alpha value is -0.980. The van der Waals surface area contributed by atoms with E-state index >= 15 is 0 Å². The average Bonchev–Trinajstić information content (AvgIpc) is 2.47. The van der Waals surface area contributed by atoms with Crippen molar-refractivity contribution in [2.75, 3.05) is 20.2 Å². The number of aryl methyl sites for hydroxylation is 1. The highest BCUT2D eigenvalue weighted by molar-refractivity contribution is 14.0. The van der Waals surface area contributed by atoms with Crippen molar-refractivity contribution in [3.8, 4) is 5.75 Å². The molecule has 0 saturated carbocycles. The van der Waals surface area contributed by atoms with Gasteiger partial charge < -0.3 is 15.4 Å². The summed E-state index contributed by atoms with van der Waals surface area (Å²) >= 11 is 0. The van der Waals surface area contributed by atoms with Gasteiger partial charge in [-0.05, 0) is 45.2 Å². The van der Waals surface area contributed by atoms with Gasteiger partial charge in [0.25, 0.3) is 0 Å². The molecule has 0 radical (unpaired) electrons. The zero-order valence-electron chi connectivity index (χ0n) is 14.4. The lowest BCUT2D eigenvalue weighted by Gasteiger charge is -2.16. The molecular formula is C17H30IN3O. The fourth-order valence-corrected chi connectivity index (χ4v) is 2.05. The van der Waals surface area contributed by atoms with Gasteiger partial charge in [0.15, 0.2) is 5.96 Å². The Bertz CT molecular complexity index is 463. The number of rotatable bonds is 7. The number of aliphatic imine (C=N–C) groups is 1. The molecule has 0 bridgehead atoms. The second-order valence-corrected chi connectivity index (χ2v) is 5.28. The van der Waals surface area contributed by atoms with Gasteiger partial charge in [-0.25, -0.2) is 0 Å². The Morgan fingerprint density at radius 1 is 1.32 bits per heavy atom. The molecule has 4 nitrogen and oxygen atoms in total. The predicted octanol–water partition coefficient (Wildman–Crippen LogP) is 3.52. The van der Waals surface area contributed by atoms with Gasteiger partial charge >= 0.3 is 0 Å². The smallest absolute Gasteiger partial charge is 0.191 e. The van der Waals surface area contributed by atoms with E-state index in [0.29, 0.717) is 6.04 Å². The van der Waals surface area contributed by atoms with Gasteiger partial charge in [-0.3, -0.25) is 4.99 Å². The van der Waals surface area contributed by atoms with Crippen molar-refractivity contribution in [3.05, 3.63) is 29.3 Å². The minimum absolute atomic E-state index is 0. The van der Waals surface area contributed by atoms with E-state index < -0.39 is 0 Å².